The van der Waals surface area contributed by atoms with Crippen molar-refractivity contribution in [3.05, 3.63) is 19.9 Å². The van der Waals surface area contributed by atoms with Crippen LogP contribution in [0.5, 0.6) is 0 Å². The number of rotatable bonds is 0. The van der Waals surface area contributed by atoms with Gasteiger partial charge in [-0.25, -0.2) is 0 Å². The molecule has 10 nitrogen and oxygen atoms in total. The third kappa shape index (κ3) is 891. The molecule has 0 atom stereocenters. The van der Waals surface area contributed by atoms with Gasteiger partial charge in [0.1, 0.15) is 0 Å². The quantitative estimate of drug-likeness (QED) is 0.195. The van der Waals surface area contributed by atoms with Crippen molar-refractivity contribution < 1.29 is 20.7 Å². The van der Waals surface area contributed by atoms with Crippen LogP contribution in [0.25, 0.3) is 0 Å². The molecule has 0 saturated carbocycles. The molecule has 0 rings (SSSR count). The Bertz CT molecular complexity index is 81.7. The van der Waals surface area contributed by atoms with Crippen molar-refractivity contribution in [2.24, 2.45) is 10.7 Å². The zero-order chi connectivity index (χ0) is 8.99. The van der Waals surface area contributed by atoms with Gasteiger partial charge < -0.3 is 15.6 Å². The van der Waals surface area contributed by atoms with Crippen LogP contribution in [0.3, 0.4) is 0 Å². The zero-order valence-electron chi connectivity index (χ0n) is 4.32. The van der Waals surface area contributed by atoms with E-state index in [0.717, 1.165) is 0 Å². The van der Waals surface area contributed by atoms with Crippen molar-refractivity contribution in [3.8, 4) is 0 Å². The van der Waals surface area contributed by atoms with Gasteiger partial charge in [-0.05, 0) is 0 Å². The molecule has 0 unspecified atom stereocenters. The maximum atomic E-state index is 8.36. The van der Waals surface area contributed by atoms with E-state index in [4.69, 9.17) is 35.6 Å². The van der Waals surface area contributed by atoms with E-state index in [0.29, 0.717) is 0 Å². The summed E-state index contributed by atoms with van der Waals surface area (Å²) >= 11 is 0. The standard InChI is InChI=1S/Ca.HNO3.2HNO2.2H/c;2-1(3)4;2*2-1-3;;/h;(H,2,3,4);2*(H,2,3);;. The molecular weight excluding hydrogens is 194 g/mol. The van der Waals surface area contributed by atoms with Crippen molar-refractivity contribution in [2.45, 2.75) is 0 Å². The van der Waals surface area contributed by atoms with Crippen molar-refractivity contribution in [1.29, 1.82) is 0 Å². The van der Waals surface area contributed by atoms with Crippen LogP contribution >= 0.6 is 0 Å². The van der Waals surface area contributed by atoms with Gasteiger partial charge in [-0.2, -0.15) is 0 Å². The van der Waals surface area contributed by atoms with Gasteiger partial charge in [0.2, 0.25) is 0 Å². The fourth-order valence-corrected chi connectivity index (χ4v) is 0. The molecule has 0 aromatic carbocycles. The minimum atomic E-state index is -1.50. The van der Waals surface area contributed by atoms with Crippen LogP contribution < -0.4 is 0 Å². The molecule has 0 saturated heterocycles. The van der Waals surface area contributed by atoms with Crippen LogP contribution in [0.15, 0.2) is 10.7 Å². The van der Waals surface area contributed by atoms with E-state index in [-0.39, 0.29) is 37.7 Å². The second kappa shape index (κ2) is 34.8. The van der Waals surface area contributed by atoms with Crippen LogP contribution in [-0.2, 0) is 0 Å². The Morgan fingerprint density at radius 1 is 1.18 bits per heavy atom. The summed E-state index contributed by atoms with van der Waals surface area (Å²) < 4.78 is 0. The molecule has 0 aromatic heterocycles. The van der Waals surface area contributed by atoms with Gasteiger partial charge in [-0.1, -0.05) is 0 Å². The number of nitrogens with zero attached hydrogens (tertiary/aromatic N) is 3. The molecule has 0 aliphatic rings. The van der Waals surface area contributed by atoms with Crippen LogP contribution in [0.1, 0.15) is 0 Å². The molecule has 0 aliphatic heterocycles. The monoisotopic (exact) mass is 199 g/mol. The second-order valence-corrected chi connectivity index (χ2v) is 0.401. The molecule has 0 bridgehead atoms. The summed E-state index contributed by atoms with van der Waals surface area (Å²) in [7, 11) is 0. The molecule has 3 N–H and O–H groups in total. The first kappa shape index (κ1) is 22.5. The Labute approximate surface area is 88.8 Å². The van der Waals surface area contributed by atoms with Crippen molar-refractivity contribution in [2.75, 3.05) is 0 Å². The maximum absolute atomic E-state index is 8.36. The molecule has 0 aromatic rings. The fourth-order valence-electron chi connectivity index (χ4n) is 0. The summed E-state index contributed by atoms with van der Waals surface area (Å²) in [6, 6.07) is 0. The van der Waals surface area contributed by atoms with Gasteiger partial charge in [-0.3, -0.25) is 0 Å². The van der Waals surface area contributed by atoms with Crippen molar-refractivity contribution in [1.82, 2.24) is 0 Å². The molecule has 11 heteroatoms. The zero-order valence-corrected chi connectivity index (χ0v) is 4.32. The Morgan fingerprint density at radius 3 is 1.18 bits per heavy atom. The molecule has 64 valence electrons. The van der Waals surface area contributed by atoms with E-state index in [1.807, 2.05) is 0 Å². The summed E-state index contributed by atoms with van der Waals surface area (Å²) in [4.78, 5) is 24.6. The topological polar surface area (TPSA) is 163 Å². The molecule has 11 heavy (non-hydrogen) atoms. The fraction of sp³-hybridized carbons (Fsp3) is 0. The van der Waals surface area contributed by atoms with Gasteiger partial charge in [-0.15, -0.1) is 19.9 Å². The van der Waals surface area contributed by atoms with Gasteiger partial charge in [0.25, 0.3) is 5.09 Å². The van der Waals surface area contributed by atoms with Gasteiger partial charge in [0.15, 0.2) is 10.7 Å². The first-order valence-corrected chi connectivity index (χ1v) is 1.33. The van der Waals surface area contributed by atoms with Crippen molar-refractivity contribution in [3.63, 3.8) is 0 Å². The van der Waals surface area contributed by atoms with Crippen LogP contribution in [0, 0.1) is 19.9 Å². The van der Waals surface area contributed by atoms with E-state index in [1.54, 1.807) is 0 Å². The van der Waals surface area contributed by atoms with E-state index >= 15 is 0 Å². The molecular formula is H5CaN3O7. The SMILES string of the molecule is O=NO.O=NO.O=[N+]([O-])O.[CaH2]. The first-order valence-electron chi connectivity index (χ1n) is 1.33. The molecule has 0 radical (unpaired) electrons. The van der Waals surface area contributed by atoms with Crippen molar-refractivity contribution >= 4 is 37.7 Å². The molecule has 0 fully saturated rings. The third-order valence-electron chi connectivity index (χ3n) is 0. The van der Waals surface area contributed by atoms with Gasteiger partial charge >= 0.3 is 37.7 Å². The van der Waals surface area contributed by atoms with E-state index in [1.165, 1.54) is 10.7 Å². The Hall–Kier alpha value is -0.740. The minimum absolute atomic E-state index is 0. The summed E-state index contributed by atoms with van der Waals surface area (Å²) in [5, 5.41) is 29.4. The number of hydrogen-bond donors (Lipinski definition) is 3. The Kier molecular flexibility index (Phi) is 71.1. The average molecular weight is 199 g/mol. The Balaban J connectivity index is -0.0000000325. The van der Waals surface area contributed by atoms with Crippen LogP contribution in [0.4, 0.5) is 0 Å². The van der Waals surface area contributed by atoms with Crippen LogP contribution in [0.2, 0.25) is 0 Å². The second-order valence-electron chi connectivity index (χ2n) is 0.401. The van der Waals surface area contributed by atoms with E-state index in [2.05, 4.69) is 0 Å². The molecule has 0 aliphatic carbocycles. The molecule has 0 amide bonds. The van der Waals surface area contributed by atoms with Crippen LogP contribution in [-0.4, -0.2) is 58.4 Å². The average Bonchev–Trinajstić information content (AvgIpc) is 1.65. The summed E-state index contributed by atoms with van der Waals surface area (Å²) in [6.07, 6.45) is 0. The predicted octanol–water partition coefficient (Wildman–Crippen LogP) is -0.980. The normalized spacial score (nSPS) is 4.36. The summed E-state index contributed by atoms with van der Waals surface area (Å²) in [6.45, 7) is 0. The van der Waals surface area contributed by atoms with E-state index in [9.17, 15) is 0 Å². The van der Waals surface area contributed by atoms with Gasteiger partial charge in [0, 0.05) is 0 Å². The van der Waals surface area contributed by atoms with E-state index < -0.39 is 5.09 Å². The summed E-state index contributed by atoms with van der Waals surface area (Å²) in [5.74, 6) is 0. The molecule has 0 heterocycles. The summed E-state index contributed by atoms with van der Waals surface area (Å²) in [5.41, 5.74) is 0. The third-order valence-corrected chi connectivity index (χ3v) is 0. The first-order chi connectivity index (χ1) is 4.56. The molecule has 0 spiro atoms. The number of hydrogen-bond acceptors (Lipinski definition) is 6. The van der Waals surface area contributed by atoms with Gasteiger partial charge in [0.05, 0.1) is 0 Å². The Morgan fingerprint density at radius 2 is 1.18 bits per heavy atom. The predicted molar refractivity (Wildman–Crippen MR) is 32.5 cm³/mol.